The highest BCUT2D eigenvalue weighted by atomic mass is 16.7. The molecule has 1 aliphatic heterocycles. The SMILES string of the molecule is COC(=O)Oc1ccc2c(c1)NC(=O)/C2=C(\Nc1ccc(C(N)=O)cc1)c1ccccc1. The molecule has 0 saturated heterocycles. The third-order valence-electron chi connectivity index (χ3n) is 4.85. The van der Waals surface area contributed by atoms with Crippen LogP contribution in [-0.4, -0.2) is 25.1 Å². The Hall–Kier alpha value is -4.59. The number of nitrogens with two attached hydrogens (primary N) is 1. The number of hydrogen-bond acceptors (Lipinski definition) is 6. The summed E-state index contributed by atoms with van der Waals surface area (Å²) in [7, 11) is 1.21. The molecule has 0 saturated carbocycles. The highest BCUT2D eigenvalue weighted by molar-refractivity contribution is 6.37. The lowest BCUT2D eigenvalue weighted by atomic mass is 10.00. The van der Waals surface area contributed by atoms with Gasteiger partial charge in [-0.1, -0.05) is 30.3 Å². The number of carbonyl (C=O) groups excluding carboxylic acids is 3. The van der Waals surface area contributed by atoms with E-state index >= 15 is 0 Å². The predicted octanol–water partition coefficient (Wildman–Crippen LogP) is 3.86. The summed E-state index contributed by atoms with van der Waals surface area (Å²) in [6.07, 6.45) is -0.851. The molecule has 2 amide bonds. The molecule has 1 aliphatic rings. The average Bonchev–Trinajstić information content (AvgIpc) is 3.13. The number of anilines is 2. The Bertz CT molecular complexity index is 1230. The summed E-state index contributed by atoms with van der Waals surface area (Å²) in [6.45, 7) is 0. The van der Waals surface area contributed by atoms with Crippen molar-refractivity contribution in [1.29, 1.82) is 0 Å². The number of rotatable bonds is 5. The van der Waals surface area contributed by atoms with Crippen LogP contribution >= 0.6 is 0 Å². The van der Waals surface area contributed by atoms with Crippen molar-refractivity contribution in [3.05, 3.63) is 89.5 Å². The number of carbonyl (C=O) groups is 3. The molecule has 4 N–H and O–H groups in total. The third kappa shape index (κ3) is 4.15. The Balaban J connectivity index is 1.79. The molecule has 0 unspecified atom stereocenters. The molecule has 32 heavy (non-hydrogen) atoms. The van der Waals surface area contributed by atoms with Gasteiger partial charge in [-0.3, -0.25) is 9.59 Å². The molecule has 8 nitrogen and oxygen atoms in total. The second kappa shape index (κ2) is 8.65. The number of ether oxygens (including phenoxy) is 2. The monoisotopic (exact) mass is 429 g/mol. The molecular weight excluding hydrogens is 410 g/mol. The minimum absolute atomic E-state index is 0.244. The second-order valence-electron chi connectivity index (χ2n) is 6.90. The Morgan fingerprint density at radius 2 is 1.66 bits per heavy atom. The Labute approximate surface area is 183 Å². The molecule has 0 atom stereocenters. The average molecular weight is 429 g/mol. The minimum atomic E-state index is -0.851. The fraction of sp³-hybridized carbons (Fsp3) is 0.0417. The number of methoxy groups -OCH3 is 1. The first-order valence-electron chi connectivity index (χ1n) is 9.64. The van der Waals surface area contributed by atoms with Crippen LogP contribution in [0.1, 0.15) is 21.5 Å². The summed E-state index contributed by atoms with van der Waals surface area (Å²) >= 11 is 0. The van der Waals surface area contributed by atoms with Gasteiger partial charge in [0.2, 0.25) is 5.91 Å². The van der Waals surface area contributed by atoms with Crippen molar-refractivity contribution in [1.82, 2.24) is 0 Å². The van der Waals surface area contributed by atoms with Gasteiger partial charge < -0.3 is 25.8 Å². The summed E-state index contributed by atoms with van der Waals surface area (Å²) in [6, 6.07) is 20.9. The molecule has 0 fully saturated rings. The molecule has 0 spiro atoms. The van der Waals surface area contributed by atoms with E-state index in [1.54, 1.807) is 42.5 Å². The van der Waals surface area contributed by atoms with Crippen LogP contribution in [0, 0.1) is 0 Å². The molecule has 8 heteroatoms. The van der Waals surface area contributed by atoms with Crippen LogP contribution in [0.4, 0.5) is 16.2 Å². The first kappa shape index (κ1) is 20.7. The number of benzene rings is 3. The van der Waals surface area contributed by atoms with Gasteiger partial charge in [0, 0.05) is 22.9 Å². The van der Waals surface area contributed by atoms with Gasteiger partial charge in [-0.15, -0.1) is 0 Å². The van der Waals surface area contributed by atoms with Crippen molar-refractivity contribution in [3.8, 4) is 5.75 Å². The molecule has 0 bridgehead atoms. The van der Waals surface area contributed by atoms with Crippen molar-refractivity contribution in [3.63, 3.8) is 0 Å². The van der Waals surface area contributed by atoms with E-state index < -0.39 is 12.1 Å². The Morgan fingerprint density at radius 3 is 2.31 bits per heavy atom. The van der Waals surface area contributed by atoms with E-state index in [4.69, 9.17) is 10.5 Å². The summed E-state index contributed by atoms with van der Waals surface area (Å²) in [5.74, 6) is -0.587. The van der Waals surface area contributed by atoms with Crippen LogP contribution in [0.2, 0.25) is 0 Å². The number of fused-ring (bicyclic) bond motifs is 1. The molecule has 1 heterocycles. The highest BCUT2D eigenvalue weighted by Crippen LogP contribution is 2.39. The maximum absolute atomic E-state index is 13.0. The van der Waals surface area contributed by atoms with Crippen LogP contribution in [0.25, 0.3) is 11.3 Å². The molecule has 3 aromatic carbocycles. The van der Waals surface area contributed by atoms with E-state index in [-0.39, 0.29) is 11.7 Å². The second-order valence-corrected chi connectivity index (χ2v) is 6.90. The smallest absolute Gasteiger partial charge is 0.437 e. The minimum Gasteiger partial charge on any atom is -0.437 e. The van der Waals surface area contributed by atoms with Crippen LogP contribution in [0.15, 0.2) is 72.8 Å². The van der Waals surface area contributed by atoms with Crippen LogP contribution in [0.3, 0.4) is 0 Å². The number of hydrogen-bond donors (Lipinski definition) is 3. The van der Waals surface area contributed by atoms with Crippen molar-refractivity contribution in [2.45, 2.75) is 0 Å². The molecule has 0 radical (unpaired) electrons. The lowest BCUT2D eigenvalue weighted by molar-refractivity contribution is -0.110. The summed E-state index contributed by atoms with van der Waals surface area (Å²) < 4.78 is 9.55. The Kier molecular flexibility index (Phi) is 5.59. The van der Waals surface area contributed by atoms with Crippen LogP contribution in [0.5, 0.6) is 5.75 Å². The lowest BCUT2D eigenvalue weighted by Gasteiger charge is -2.15. The first-order valence-corrected chi connectivity index (χ1v) is 9.64. The molecule has 0 aliphatic carbocycles. The molecule has 160 valence electrons. The number of nitrogens with one attached hydrogen (secondary N) is 2. The zero-order chi connectivity index (χ0) is 22.7. The zero-order valence-electron chi connectivity index (χ0n) is 17.0. The largest absolute Gasteiger partial charge is 0.513 e. The fourth-order valence-corrected chi connectivity index (χ4v) is 3.35. The van der Waals surface area contributed by atoms with E-state index in [1.807, 2.05) is 30.3 Å². The Morgan fingerprint density at radius 1 is 0.938 bits per heavy atom. The van der Waals surface area contributed by atoms with E-state index in [9.17, 15) is 14.4 Å². The van der Waals surface area contributed by atoms with Crippen molar-refractivity contribution >= 4 is 40.6 Å². The molecule has 3 aromatic rings. The van der Waals surface area contributed by atoms with Gasteiger partial charge in [0.1, 0.15) is 5.75 Å². The van der Waals surface area contributed by atoms with E-state index in [1.165, 1.54) is 7.11 Å². The van der Waals surface area contributed by atoms with Gasteiger partial charge in [0.25, 0.3) is 5.91 Å². The quantitative estimate of drug-likeness (QED) is 0.322. The topological polar surface area (TPSA) is 120 Å². The molecule has 4 rings (SSSR count). The van der Waals surface area contributed by atoms with Gasteiger partial charge in [-0.25, -0.2) is 4.79 Å². The number of primary amides is 1. The van der Waals surface area contributed by atoms with Gasteiger partial charge in [-0.2, -0.15) is 0 Å². The van der Waals surface area contributed by atoms with E-state index in [2.05, 4.69) is 15.4 Å². The normalized spacial score (nSPS) is 13.6. The van der Waals surface area contributed by atoms with Crippen molar-refractivity contribution < 1.29 is 23.9 Å². The lowest BCUT2D eigenvalue weighted by Crippen LogP contribution is -2.11. The summed E-state index contributed by atoms with van der Waals surface area (Å²) in [4.78, 5) is 35.7. The fourth-order valence-electron chi connectivity index (χ4n) is 3.35. The number of amides is 2. The zero-order valence-corrected chi connectivity index (χ0v) is 17.0. The maximum atomic E-state index is 13.0. The summed E-state index contributed by atoms with van der Waals surface area (Å²) in [5.41, 5.74) is 9.32. The predicted molar refractivity (Wildman–Crippen MR) is 120 cm³/mol. The van der Waals surface area contributed by atoms with Crippen LogP contribution in [-0.2, 0) is 9.53 Å². The molecular formula is C24H19N3O5. The summed E-state index contributed by atoms with van der Waals surface area (Å²) in [5, 5.41) is 6.10. The highest BCUT2D eigenvalue weighted by Gasteiger charge is 2.29. The van der Waals surface area contributed by atoms with E-state index in [0.29, 0.717) is 33.8 Å². The standard InChI is InChI=1S/C24H19N3O5/c1-31-24(30)32-17-11-12-18-19(13-17)27-23(29)20(18)21(14-5-3-2-4-6-14)26-16-9-7-15(8-10-16)22(25)28/h2-13,26H,1H3,(H2,25,28)(H,27,29)/b21-20-. The van der Waals surface area contributed by atoms with Gasteiger partial charge in [0.15, 0.2) is 0 Å². The third-order valence-corrected chi connectivity index (χ3v) is 4.85. The van der Waals surface area contributed by atoms with Crippen LogP contribution < -0.4 is 21.1 Å². The van der Waals surface area contributed by atoms with Gasteiger partial charge >= 0.3 is 6.16 Å². The van der Waals surface area contributed by atoms with Crippen molar-refractivity contribution in [2.24, 2.45) is 5.73 Å². The maximum Gasteiger partial charge on any atom is 0.513 e. The van der Waals surface area contributed by atoms with E-state index in [0.717, 1.165) is 5.56 Å². The first-order chi connectivity index (χ1) is 15.5. The van der Waals surface area contributed by atoms with Gasteiger partial charge in [-0.05, 0) is 42.0 Å². The van der Waals surface area contributed by atoms with Crippen molar-refractivity contribution in [2.75, 3.05) is 17.7 Å². The molecule has 0 aromatic heterocycles. The van der Waals surface area contributed by atoms with Gasteiger partial charge in [0.05, 0.1) is 24.1 Å².